The average molecular weight is 275 g/mol. The lowest BCUT2D eigenvalue weighted by Crippen LogP contribution is -2.26. The Morgan fingerprint density at radius 3 is 2.11 bits per heavy atom. The topological polar surface area (TPSA) is 44.5 Å². The van der Waals surface area contributed by atoms with Crippen LogP contribution in [0.25, 0.3) is 0 Å². The minimum atomic E-state index is -4.43. The van der Waals surface area contributed by atoms with Gasteiger partial charge in [-0.1, -0.05) is 0 Å². The van der Waals surface area contributed by atoms with Gasteiger partial charge in [0.15, 0.2) is 11.5 Å². The predicted molar refractivity (Wildman–Crippen MR) is 64.4 cm³/mol. The minimum Gasteiger partial charge on any atom is -0.493 e. The summed E-state index contributed by atoms with van der Waals surface area (Å²) in [7, 11) is 2.70. The first kappa shape index (κ1) is 14.0. The molecule has 0 atom stereocenters. The van der Waals surface area contributed by atoms with Gasteiger partial charge in [-0.25, -0.2) is 0 Å². The lowest BCUT2D eigenvalue weighted by atomic mass is 9.98. The van der Waals surface area contributed by atoms with Crippen LogP contribution in [0.5, 0.6) is 11.5 Å². The second-order valence-electron chi connectivity index (χ2n) is 4.90. The third-order valence-electron chi connectivity index (χ3n) is 3.35. The normalized spacial score (nSPS) is 17.2. The SMILES string of the molecule is COc1cc(CC2(N)CC2)c(C(F)(F)F)cc1OC. The molecule has 1 fully saturated rings. The van der Waals surface area contributed by atoms with Crippen LogP contribution in [0.1, 0.15) is 24.0 Å². The average Bonchev–Trinajstić information content (AvgIpc) is 3.04. The molecule has 0 aromatic heterocycles. The zero-order valence-electron chi connectivity index (χ0n) is 10.8. The molecule has 2 N–H and O–H groups in total. The highest BCUT2D eigenvalue weighted by Gasteiger charge is 2.42. The molecule has 0 amide bonds. The molecule has 0 spiro atoms. The van der Waals surface area contributed by atoms with E-state index in [1.54, 1.807) is 0 Å². The van der Waals surface area contributed by atoms with Gasteiger partial charge in [-0.15, -0.1) is 0 Å². The van der Waals surface area contributed by atoms with E-state index in [-0.39, 0.29) is 23.5 Å². The van der Waals surface area contributed by atoms with Crippen molar-refractivity contribution < 1.29 is 22.6 Å². The van der Waals surface area contributed by atoms with Crippen LogP contribution in [-0.4, -0.2) is 19.8 Å². The summed E-state index contributed by atoms with van der Waals surface area (Å²) in [4.78, 5) is 0. The maximum Gasteiger partial charge on any atom is 0.416 e. The molecular formula is C13H16F3NO2. The van der Waals surface area contributed by atoms with Crippen molar-refractivity contribution in [2.45, 2.75) is 31.0 Å². The number of nitrogens with two attached hydrogens (primary N) is 1. The van der Waals surface area contributed by atoms with Gasteiger partial charge in [-0.3, -0.25) is 0 Å². The van der Waals surface area contributed by atoms with Gasteiger partial charge in [-0.05, 0) is 37.0 Å². The van der Waals surface area contributed by atoms with Gasteiger partial charge in [0.1, 0.15) is 0 Å². The Morgan fingerprint density at radius 1 is 1.16 bits per heavy atom. The first-order valence-electron chi connectivity index (χ1n) is 5.90. The Balaban J connectivity index is 2.48. The van der Waals surface area contributed by atoms with Gasteiger partial charge in [0.25, 0.3) is 0 Å². The monoisotopic (exact) mass is 275 g/mol. The molecule has 0 saturated heterocycles. The number of hydrogen-bond acceptors (Lipinski definition) is 3. The van der Waals surface area contributed by atoms with E-state index in [4.69, 9.17) is 15.2 Å². The largest absolute Gasteiger partial charge is 0.493 e. The van der Waals surface area contributed by atoms with E-state index in [2.05, 4.69) is 0 Å². The number of halogens is 3. The van der Waals surface area contributed by atoms with Gasteiger partial charge in [0.2, 0.25) is 0 Å². The zero-order chi connectivity index (χ0) is 14.3. The molecule has 2 rings (SSSR count). The molecule has 19 heavy (non-hydrogen) atoms. The van der Waals surface area contributed by atoms with Crippen molar-refractivity contribution in [3.63, 3.8) is 0 Å². The van der Waals surface area contributed by atoms with Gasteiger partial charge in [0.05, 0.1) is 19.8 Å². The number of alkyl halides is 3. The van der Waals surface area contributed by atoms with Crippen LogP contribution in [-0.2, 0) is 12.6 Å². The molecule has 0 heterocycles. The predicted octanol–water partition coefficient (Wildman–Crippen LogP) is 2.76. The van der Waals surface area contributed by atoms with Crippen LogP contribution in [0.15, 0.2) is 12.1 Å². The third-order valence-corrected chi connectivity index (χ3v) is 3.35. The van der Waals surface area contributed by atoms with E-state index >= 15 is 0 Å². The summed E-state index contributed by atoms with van der Waals surface area (Å²) in [6.45, 7) is 0. The third kappa shape index (κ3) is 2.94. The maximum atomic E-state index is 13.1. The van der Waals surface area contributed by atoms with E-state index in [1.165, 1.54) is 20.3 Å². The number of hydrogen-bond donors (Lipinski definition) is 1. The van der Waals surface area contributed by atoms with Gasteiger partial charge in [-0.2, -0.15) is 13.2 Å². The number of ether oxygens (including phenoxy) is 2. The van der Waals surface area contributed by atoms with Crippen LogP contribution in [0.3, 0.4) is 0 Å². The van der Waals surface area contributed by atoms with E-state index in [9.17, 15) is 13.2 Å². The Morgan fingerprint density at radius 2 is 1.68 bits per heavy atom. The first-order chi connectivity index (χ1) is 8.79. The molecule has 0 bridgehead atoms. The van der Waals surface area contributed by atoms with Crippen molar-refractivity contribution >= 4 is 0 Å². The summed E-state index contributed by atoms with van der Waals surface area (Å²) < 4.78 is 49.1. The fourth-order valence-electron chi connectivity index (χ4n) is 2.05. The Hall–Kier alpha value is -1.43. The highest BCUT2D eigenvalue weighted by molar-refractivity contribution is 5.49. The molecule has 0 aliphatic heterocycles. The van der Waals surface area contributed by atoms with E-state index in [0.717, 1.165) is 18.9 Å². The molecule has 1 saturated carbocycles. The van der Waals surface area contributed by atoms with Gasteiger partial charge < -0.3 is 15.2 Å². The highest BCUT2D eigenvalue weighted by atomic mass is 19.4. The van der Waals surface area contributed by atoms with Crippen LogP contribution < -0.4 is 15.2 Å². The second-order valence-corrected chi connectivity index (χ2v) is 4.90. The van der Waals surface area contributed by atoms with Crippen LogP contribution in [0.2, 0.25) is 0 Å². The molecule has 1 aromatic carbocycles. The Labute approximate surface area is 109 Å². The fraction of sp³-hybridized carbons (Fsp3) is 0.538. The number of rotatable bonds is 4. The molecule has 3 nitrogen and oxygen atoms in total. The highest BCUT2D eigenvalue weighted by Crippen LogP contribution is 2.43. The number of methoxy groups -OCH3 is 2. The Kier molecular flexibility index (Phi) is 3.38. The molecule has 0 radical (unpaired) electrons. The van der Waals surface area contributed by atoms with Crippen LogP contribution >= 0.6 is 0 Å². The lowest BCUT2D eigenvalue weighted by molar-refractivity contribution is -0.138. The van der Waals surface area contributed by atoms with Crippen molar-refractivity contribution in [3.8, 4) is 11.5 Å². The van der Waals surface area contributed by atoms with E-state index < -0.39 is 17.3 Å². The minimum absolute atomic E-state index is 0.0699. The summed E-state index contributed by atoms with van der Waals surface area (Å²) in [5.74, 6) is 0.357. The summed E-state index contributed by atoms with van der Waals surface area (Å²) >= 11 is 0. The fourth-order valence-corrected chi connectivity index (χ4v) is 2.05. The van der Waals surface area contributed by atoms with Crippen LogP contribution in [0.4, 0.5) is 13.2 Å². The first-order valence-corrected chi connectivity index (χ1v) is 5.90. The van der Waals surface area contributed by atoms with Crippen molar-refractivity contribution in [1.29, 1.82) is 0 Å². The van der Waals surface area contributed by atoms with Crippen molar-refractivity contribution in [2.24, 2.45) is 5.73 Å². The standard InChI is InChI=1S/C13H16F3NO2/c1-18-10-5-8(7-12(17)3-4-12)9(13(14,15)16)6-11(10)19-2/h5-6H,3-4,7,17H2,1-2H3. The molecule has 0 unspecified atom stereocenters. The molecule has 1 aliphatic carbocycles. The molecule has 1 aliphatic rings. The van der Waals surface area contributed by atoms with E-state index in [0.29, 0.717) is 0 Å². The summed E-state index contributed by atoms with van der Waals surface area (Å²) in [5.41, 5.74) is 4.86. The lowest BCUT2D eigenvalue weighted by Gasteiger charge is -2.18. The van der Waals surface area contributed by atoms with Crippen molar-refractivity contribution in [3.05, 3.63) is 23.3 Å². The van der Waals surface area contributed by atoms with Crippen molar-refractivity contribution in [1.82, 2.24) is 0 Å². The summed E-state index contributed by atoms with van der Waals surface area (Å²) in [6.07, 6.45) is -2.74. The number of benzene rings is 1. The van der Waals surface area contributed by atoms with Crippen molar-refractivity contribution in [2.75, 3.05) is 14.2 Å². The molecule has 1 aromatic rings. The van der Waals surface area contributed by atoms with Gasteiger partial charge >= 0.3 is 6.18 Å². The Bertz CT molecular complexity index is 482. The zero-order valence-corrected chi connectivity index (χ0v) is 10.8. The molecule has 6 heteroatoms. The maximum absolute atomic E-state index is 13.1. The van der Waals surface area contributed by atoms with E-state index in [1.807, 2.05) is 0 Å². The molecule has 106 valence electrons. The second kappa shape index (κ2) is 4.59. The quantitative estimate of drug-likeness (QED) is 0.919. The smallest absolute Gasteiger partial charge is 0.416 e. The van der Waals surface area contributed by atoms with Crippen LogP contribution in [0, 0.1) is 0 Å². The molecular weight excluding hydrogens is 259 g/mol. The summed E-state index contributed by atoms with van der Waals surface area (Å²) in [6, 6.07) is 2.34. The summed E-state index contributed by atoms with van der Waals surface area (Å²) in [5, 5.41) is 0. The van der Waals surface area contributed by atoms with Gasteiger partial charge in [0, 0.05) is 5.54 Å².